The topological polar surface area (TPSA) is 118 Å². The van der Waals surface area contributed by atoms with Gasteiger partial charge < -0.3 is 10.2 Å². The van der Waals surface area contributed by atoms with Gasteiger partial charge in [-0.05, 0) is 12.1 Å². The number of carbonyl (C=O) groups is 2. The summed E-state index contributed by atoms with van der Waals surface area (Å²) in [6.45, 7) is 0. The molecular weight excluding hydrogens is 242 g/mol. The van der Waals surface area contributed by atoms with Crippen LogP contribution >= 0.6 is 0 Å². The monoisotopic (exact) mass is 251 g/mol. The molecule has 0 heterocycles. The zero-order chi connectivity index (χ0) is 13.7. The fraction of sp³-hybridized carbons (Fsp3) is 0.0909. The number of nitro benzene ring substituents is 1. The first-order valence-electron chi connectivity index (χ1n) is 4.81. The molecule has 1 aromatic carbocycles. The van der Waals surface area contributed by atoms with Gasteiger partial charge in [0.15, 0.2) is 0 Å². The minimum Gasteiger partial charge on any atom is -0.481 e. The molecule has 0 radical (unpaired) electrons. The number of aliphatic carboxylic acids is 2. The van der Waals surface area contributed by atoms with Gasteiger partial charge in [0.05, 0.1) is 16.9 Å². The standard InChI is InChI=1S/C11H9NO6/c13-10(14)6-8(11(15)16)5-7-3-1-2-4-9(7)12(17)18/h1-5H,6H2,(H,13,14)(H,15,16)/b8-5+. The molecule has 0 saturated carbocycles. The van der Waals surface area contributed by atoms with Crippen molar-refractivity contribution in [3.8, 4) is 0 Å². The van der Waals surface area contributed by atoms with Gasteiger partial charge in [-0.15, -0.1) is 0 Å². The van der Waals surface area contributed by atoms with Crippen LogP contribution in [0.4, 0.5) is 5.69 Å². The lowest BCUT2D eigenvalue weighted by molar-refractivity contribution is -0.385. The molecule has 0 saturated heterocycles. The maximum Gasteiger partial charge on any atom is 0.332 e. The smallest absolute Gasteiger partial charge is 0.332 e. The Morgan fingerprint density at radius 3 is 2.39 bits per heavy atom. The fourth-order valence-corrected chi connectivity index (χ4v) is 1.31. The highest BCUT2D eigenvalue weighted by atomic mass is 16.6. The fourth-order valence-electron chi connectivity index (χ4n) is 1.31. The van der Waals surface area contributed by atoms with Gasteiger partial charge in [-0.1, -0.05) is 12.1 Å². The average molecular weight is 251 g/mol. The minimum atomic E-state index is -1.42. The second-order valence-electron chi connectivity index (χ2n) is 3.36. The second-order valence-corrected chi connectivity index (χ2v) is 3.36. The predicted molar refractivity (Wildman–Crippen MR) is 61.0 cm³/mol. The third-order valence-electron chi connectivity index (χ3n) is 2.08. The van der Waals surface area contributed by atoms with Gasteiger partial charge in [-0.3, -0.25) is 14.9 Å². The molecule has 94 valence electrons. The molecule has 0 aromatic heterocycles. The molecule has 0 spiro atoms. The van der Waals surface area contributed by atoms with Crippen LogP contribution in [0.15, 0.2) is 29.8 Å². The quantitative estimate of drug-likeness (QED) is 0.465. The summed E-state index contributed by atoms with van der Waals surface area (Å²) in [5, 5.41) is 28.1. The number of carboxylic acid groups (broad SMARTS) is 2. The second kappa shape index (κ2) is 5.58. The van der Waals surface area contributed by atoms with E-state index in [0.29, 0.717) is 0 Å². The number of nitrogens with zero attached hydrogens (tertiary/aromatic N) is 1. The first-order chi connectivity index (χ1) is 8.41. The lowest BCUT2D eigenvalue weighted by atomic mass is 10.1. The summed E-state index contributed by atoms with van der Waals surface area (Å²) >= 11 is 0. The highest BCUT2D eigenvalue weighted by Crippen LogP contribution is 2.21. The Morgan fingerprint density at radius 1 is 1.28 bits per heavy atom. The van der Waals surface area contributed by atoms with Crippen molar-refractivity contribution in [1.29, 1.82) is 0 Å². The molecule has 0 amide bonds. The van der Waals surface area contributed by atoms with Crippen LogP contribution in [-0.2, 0) is 9.59 Å². The van der Waals surface area contributed by atoms with E-state index in [-0.39, 0.29) is 11.3 Å². The molecule has 0 aliphatic carbocycles. The number of hydrogen-bond acceptors (Lipinski definition) is 4. The molecule has 0 bridgehead atoms. The largest absolute Gasteiger partial charge is 0.481 e. The van der Waals surface area contributed by atoms with Gasteiger partial charge in [0.1, 0.15) is 0 Å². The van der Waals surface area contributed by atoms with Crippen molar-refractivity contribution >= 4 is 23.7 Å². The molecule has 0 aliphatic rings. The molecule has 0 atom stereocenters. The highest BCUT2D eigenvalue weighted by Gasteiger charge is 2.16. The molecule has 7 heteroatoms. The number of rotatable bonds is 5. The lowest BCUT2D eigenvalue weighted by Gasteiger charge is -2.00. The van der Waals surface area contributed by atoms with Gasteiger partial charge >= 0.3 is 11.9 Å². The van der Waals surface area contributed by atoms with Crippen molar-refractivity contribution in [3.63, 3.8) is 0 Å². The van der Waals surface area contributed by atoms with Crippen molar-refractivity contribution in [1.82, 2.24) is 0 Å². The molecular formula is C11H9NO6. The number of para-hydroxylation sites is 1. The summed E-state index contributed by atoms with van der Waals surface area (Å²) in [4.78, 5) is 31.4. The number of carboxylic acids is 2. The number of hydrogen-bond donors (Lipinski definition) is 2. The Morgan fingerprint density at radius 2 is 1.89 bits per heavy atom. The van der Waals surface area contributed by atoms with Crippen molar-refractivity contribution in [3.05, 3.63) is 45.5 Å². The van der Waals surface area contributed by atoms with E-state index < -0.39 is 28.9 Å². The van der Waals surface area contributed by atoms with Gasteiger partial charge in [0.25, 0.3) is 5.69 Å². The maximum atomic E-state index is 10.8. The first-order valence-corrected chi connectivity index (χ1v) is 4.81. The number of nitro groups is 1. The van der Waals surface area contributed by atoms with Crippen LogP contribution in [-0.4, -0.2) is 27.1 Å². The predicted octanol–water partition coefficient (Wildman–Crippen LogP) is 1.54. The summed E-state index contributed by atoms with van der Waals surface area (Å²) < 4.78 is 0. The van der Waals surface area contributed by atoms with Gasteiger partial charge in [-0.2, -0.15) is 0 Å². The van der Waals surface area contributed by atoms with Gasteiger partial charge in [0.2, 0.25) is 0 Å². The normalized spacial score (nSPS) is 11.0. The van der Waals surface area contributed by atoms with Crippen LogP contribution in [0.25, 0.3) is 6.08 Å². The van der Waals surface area contributed by atoms with E-state index in [1.54, 1.807) is 0 Å². The summed E-state index contributed by atoms with van der Waals surface area (Å²) in [6.07, 6.45) is 0.288. The Labute approximate surface area is 101 Å². The summed E-state index contributed by atoms with van der Waals surface area (Å²) in [5.74, 6) is -2.74. The Balaban J connectivity index is 3.23. The van der Waals surface area contributed by atoms with E-state index in [0.717, 1.165) is 6.08 Å². The van der Waals surface area contributed by atoms with Crippen LogP contribution in [0.2, 0.25) is 0 Å². The molecule has 0 fully saturated rings. The number of benzene rings is 1. The van der Waals surface area contributed by atoms with Crippen LogP contribution in [0.3, 0.4) is 0 Å². The zero-order valence-electron chi connectivity index (χ0n) is 9.07. The van der Waals surface area contributed by atoms with Gasteiger partial charge in [0, 0.05) is 11.6 Å². The van der Waals surface area contributed by atoms with E-state index in [2.05, 4.69) is 0 Å². The van der Waals surface area contributed by atoms with E-state index in [1.165, 1.54) is 24.3 Å². The lowest BCUT2D eigenvalue weighted by Crippen LogP contribution is -2.06. The van der Waals surface area contributed by atoms with Crippen molar-refractivity contribution < 1.29 is 24.7 Å². The molecule has 18 heavy (non-hydrogen) atoms. The van der Waals surface area contributed by atoms with Crippen molar-refractivity contribution in [2.24, 2.45) is 0 Å². The van der Waals surface area contributed by atoms with Crippen molar-refractivity contribution in [2.45, 2.75) is 6.42 Å². The van der Waals surface area contributed by atoms with E-state index in [4.69, 9.17) is 10.2 Å². The summed E-state index contributed by atoms with van der Waals surface area (Å²) in [6, 6.07) is 5.50. The molecule has 0 aliphatic heterocycles. The third kappa shape index (κ3) is 3.41. The summed E-state index contributed by atoms with van der Waals surface area (Å²) in [5.41, 5.74) is -0.639. The molecule has 0 unspecified atom stereocenters. The maximum absolute atomic E-state index is 10.8. The first kappa shape index (κ1) is 13.4. The Bertz CT molecular complexity index is 534. The molecule has 1 rings (SSSR count). The van der Waals surface area contributed by atoms with E-state index in [9.17, 15) is 19.7 Å². The molecule has 7 nitrogen and oxygen atoms in total. The van der Waals surface area contributed by atoms with Crippen LogP contribution in [0.1, 0.15) is 12.0 Å². The molecule has 1 aromatic rings. The van der Waals surface area contributed by atoms with Gasteiger partial charge in [-0.25, -0.2) is 4.79 Å². The minimum absolute atomic E-state index is 0.0566. The third-order valence-corrected chi connectivity index (χ3v) is 2.08. The van der Waals surface area contributed by atoms with Crippen molar-refractivity contribution in [2.75, 3.05) is 0 Å². The van der Waals surface area contributed by atoms with Crippen LogP contribution in [0, 0.1) is 10.1 Å². The van der Waals surface area contributed by atoms with Crippen LogP contribution in [0.5, 0.6) is 0 Å². The average Bonchev–Trinajstić information content (AvgIpc) is 2.27. The zero-order valence-corrected chi connectivity index (χ0v) is 9.07. The van der Waals surface area contributed by atoms with Crippen LogP contribution < -0.4 is 0 Å². The Kier molecular flexibility index (Phi) is 4.14. The SMILES string of the molecule is O=C(O)C/C(=C\c1ccccc1[N+](=O)[O-])C(=O)O. The summed E-state index contributed by atoms with van der Waals surface area (Å²) in [7, 11) is 0. The Hall–Kier alpha value is -2.70. The van der Waals surface area contributed by atoms with E-state index in [1.807, 2.05) is 0 Å². The van der Waals surface area contributed by atoms with E-state index >= 15 is 0 Å². The molecule has 2 N–H and O–H groups in total. The highest BCUT2D eigenvalue weighted by molar-refractivity contribution is 5.97.